The van der Waals surface area contributed by atoms with Crippen molar-refractivity contribution in [2.45, 2.75) is 25.8 Å². The lowest BCUT2D eigenvalue weighted by Gasteiger charge is -2.18. The number of para-hydroxylation sites is 1. The molecular weight excluding hydrogens is 230 g/mol. The first-order valence-corrected chi connectivity index (χ1v) is 6.82. The lowest BCUT2D eigenvalue weighted by Crippen LogP contribution is -2.19. The Kier molecular flexibility index (Phi) is 7.13. The van der Waals surface area contributed by atoms with E-state index < -0.39 is 0 Å². The van der Waals surface area contributed by atoms with Crippen LogP contribution in [0.25, 0.3) is 0 Å². The molecule has 1 aromatic rings. The number of benzene rings is 1. The van der Waals surface area contributed by atoms with Crippen LogP contribution in [0.2, 0.25) is 0 Å². The maximum atomic E-state index is 5.35. The molecule has 0 aliphatic heterocycles. The molecule has 0 radical (unpaired) electrons. The number of ether oxygens (including phenoxy) is 1. The molecular formula is C14H23NOS. The van der Waals surface area contributed by atoms with Gasteiger partial charge in [0.2, 0.25) is 0 Å². The van der Waals surface area contributed by atoms with Gasteiger partial charge >= 0.3 is 0 Å². The molecule has 0 aromatic heterocycles. The Bertz CT molecular complexity index is 317. The van der Waals surface area contributed by atoms with E-state index in [0.29, 0.717) is 0 Å². The van der Waals surface area contributed by atoms with Gasteiger partial charge in [-0.3, -0.25) is 0 Å². The van der Waals surface area contributed by atoms with Crippen LogP contribution in [0, 0.1) is 0 Å². The van der Waals surface area contributed by atoms with Crippen molar-refractivity contribution in [3.63, 3.8) is 0 Å². The number of hydrogen-bond donors (Lipinski definition) is 1. The molecule has 0 amide bonds. The van der Waals surface area contributed by atoms with E-state index in [1.54, 1.807) is 7.11 Å². The van der Waals surface area contributed by atoms with Crippen LogP contribution in [0.5, 0.6) is 5.75 Å². The van der Waals surface area contributed by atoms with E-state index in [1.165, 1.54) is 24.8 Å². The zero-order chi connectivity index (χ0) is 12.5. The minimum absolute atomic E-state index is 0.949. The van der Waals surface area contributed by atoms with E-state index in [2.05, 4.69) is 36.7 Å². The fourth-order valence-electron chi connectivity index (χ4n) is 1.87. The van der Waals surface area contributed by atoms with Gasteiger partial charge in [0.1, 0.15) is 5.75 Å². The van der Waals surface area contributed by atoms with Crippen LogP contribution in [-0.4, -0.2) is 31.4 Å². The molecule has 0 atom stereocenters. The standard InChI is InChI=1S/C14H23NOS/c1-15(10-6-3-7-11-17)12-13-8-4-5-9-14(13)16-2/h4-5,8-9,17H,3,6-7,10-12H2,1-2H3. The van der Waals surface area contributed by atoms with Crippen molar-refractivity contribution < 1.29 is 4.74 Å². The summed E-state index contributed by atoms with van der Waals surface area (Å²) in [6, 6.07) is 8.22. The van der Waals surface area contributed by atoms with E-state index >= 15 is 0 Å². The van der Waals surface area contributed by atoms with E-state index in [-0.39, 0.29) is 0 Å². The minimum atomic E-state index is 0.949. The highest BCUT2D eigenvalue weighted by Crippen LogP contribution is 2.18. The summed E-state index contributed by atoms with van der Waals surface area (Å²) in [6.07, 6.45) is 3.72. The van der Waals surface area contributed by atoms with Crippen LogP contribution in [0.15, 0.2) is 24.3 Å². The molecule has 0 N–H and O–H groups in total. The van der Waals surface area contributed by atoms with Crippen molar-refractivity contribution in [2.24, 2.45) is 0 Å². The Balaban J connectivity index is 2.36. The van der Waals surface area contributed by atoms with Gasteiger partial charge in [-0.05, 0) is 38.3 Å². The molecule has 0 saturated heterocycles. The number of nitrogens with zero attached hydrogens (tertiary/aromatic N) is 1. The second-order valence-electron chi connectivity index (χ2n) is 4.33. The van der Waals surface area contributed by atoms with Crippen LogP contribution in [-0.2, 0) is 6.54 Å². The Labute approximate surface area is 110 Å². The van der Waals surface area contributed by atoms with E-state index in [1.807, 2.05) is 12.1 Å². The third kappa shape index (κ3) is 5.46. The summed E-state index contributed by atoms with van der Waals surface area (Å²) in [5.41, 5.74) is 1.26. The van der Waals surface area contributed by atoms with Gasteiger partial charge < -0.3 is 9.64 Å². The molecule has 0 heterocycles. The molecule has 0 saturated carbocycles. The SMILES string of the molecule is COc1ccccc1CN(C)CCCCCS. The van der Waals surface area contributed by atoms with Crippen LogP contribution in [0.4, 0.5) is 0 Å². The highest BCUT2D eigenvalue weighted by atomic mass is 32.1. The van der Waals surface area contributed by atoms with Gasteiger partial charge in [0.25, 0.3) is 0 Å². The van der Waals surface area contributed by atoms with Gasteiger partial charge in [-0.15, -0.1) is 0 Å². The summed E-state index contributed by atoms with van der Waals surface area (Å²) < 4.78 is 5.35. The topological polar surface area (TPSA) is 12.5 Å². The molecule has 0 aliphatic rings. The van der Waals surface area contributed by atoms with Gasteiger partial charge in [0, 0.05) is 12.1 Å². The Morgan fingerprint density at radius 1 is 1.18 bits per heavy atom. The minimum Gasteiger partial charge on any atom is -0.496 e. The molecule has 0 aliphatic carbocycles. The van der Waals surface area contributed by atoms with Crippen LogP contribution >= 0.6 is 12.6 Å². The summed E-state index contributed by atoms with van der Waals surface area (Å²) in [4.78, 5) is 2.34. The third-order valence-corrected chi connectivity index (χ3v) is 3.15. The summed E-state index contributed by atoms with van der Waals surface area (Å²) in [5, 5.41) is 0. The van der Waals surface area contributed by atoms with Gasteiger partial charge in [0.05, 0.1) is 7.11 Å². The van der Waals surface area contributed by atoms with Gasteiger partial charge in [-0.25, -0.2) is 0 Å². The number of methoxy groups -OCH3 is 1. The van der Waals surface area contributed by atoms with Crippen molar-refractivity contribution in [3.05, 3.63) is 29.8 Å². The molecule has 96 valence electrons. The van der Waals surface area contributed by atoms with E-state index in [0.717, 1.165) is 24.6 Å². The van der Waals surface area contributed by atoms with Crippen LogP contribution in [0.1, 0.15) is 24.8 Å². The van der Waals surface area contributed by atoms with Crippen molar-refractivity contribution in [2.75, 3.05) is 26.5 Å². The van der Waals surface area contributed by atoms with Crippen molar-refractivity contribution >= 4 is 12.6 Å². The molecule has 17 heavy (non-hydrogen) atoms. The second-order valence-corrected chi connectivity index (χ2v) is 4.78. The number of rotatable bonds is 8. The quantitative estimate of drug-likeness (QED) is 0.564. The molecule has 0 unspecified atom stereocenters. The highest BCUT2D eigenvalue weighted by molar-refractivity contribution is 7.80. The van der Waals surface area contributed by atoms with Crippen molar-refractivity contribution in [3.8, 4) is 5.75 Å². The predicted molar refractivity (Wildman–Crippen MR) is 77.0 cm³/mol. The summed E-state index contributed by atoms with van der Waals surface area (Å²) in [5.74, 6) is 1.98. The normalized spacial score (nSPS) is 10.8. The van der Waals surface area contributed by atoms with E-state index in [9.17, 15) is 0 Å². The number of thiol groups is 1. The lowest BCUT2D eigenvalue weighted by molar-refractivity contribution is 0.310. The molecule has 1 aromatic carbocycles. The molecule has 1 rings (SSSR count). The first-order chi connectivity index (χ1) is 8.27. The van der Waals surface area contributed by atoms with Gasteiger partial charge in [-0.1, -0.05) is 24.6 Å². The summed E-state index contributed by atoms with van der Waals surface area (Å²) in [6.45, 7) is 2.08. The van der Waals surface area contributed by atoms with Crippen molar-refractivity contribution in [1.82, 2.24) is 4.90 Å². The zero-order valence-corrected chi connectivity index (χ0v) is 11.7. The lowest BCUT2D eigenvalue weighted by atomic mass is 10.2. The fourth-order valence-corrected chi connectivity index (χ4v) is 2.10. The predicted octanol–water partition coefficient (Wildman–Crippen LogP) is 3.23. The monoisotopic (exact) mass is 253 g/mol. The van der Waals surface area contributed by atoms with Crippen molar-refractivity contribution in [1.29, 1.82) is 0 Å². The maximum absolute atomic E-state index is 5.35. The smallest absolute Gasteiger partial charge is 0.123 e. The van der Waals surface area contributed by atoms with E-state index in [4.69, 9.17) is 4.74 Å². The maximum Gasteiger partial charge on any atom is 0.123 e. The van der Waals surface area contributed by atoms with Gasteiger partial charge in [0.15, 0.2) is 0 Å². The average molecular weight is 253 g/mol. The second kappa shape index (κ2) is 8.43. The molecule has 3 heteroatoms. The number of unbranched alkanes of at least 4 members (excludes halogenated alkanes) is 2. The first kappa shape index (κ1) is 14.4. The fraction of sp³-hybridized carbons (Fsp3) is 0.571. The molecule has 0 bridgehead atoms. The molecule has 2 nitrogen and oxygen atoms in total. The molecule has 0 fully saturated rings. The zero-order valence-electron chi connectivity index (χ0n) is 10.9. The Morgan fingerprint density at radius 2 is 1.94 bits per heavy atom. The highest BCUT2D eigenvalue weighted by Gasteiger charge is 2.04. The van der Waals surface area contributed by atoms with Gasteiger partial charge in [-0.2, -0.15) is 12.6 Å². The van der Waals surface area contributed by atoms with Crippen LogP contribution < -0.4 is 4.74 Å². The van der Waals surface area contributed by atoms with Crippen LogP contribution in [0.3, 0.4) is 0 Å². The Morgan fingerprint density at radius 3 is 2.65 bits per heavy atom. The summed E-state index contributed by atoms with van der Waals surface area (Å²) >= 11 is 4.22. The Hall–Kier alpha value is -0.670. The largest absolute Gasteiger partial charge is 0.496 e. The average Bonchev–Trinajstić information content (AvgIpc) is 2.35. The third-order valence-electron chi connectivity index (χ3n) is 2.83. The summed E-state index contributed by atoms with van der Waals surface area (Å²) in [7, 11) is 3.89. The first-order valence-electron chi connectivity index (χ1n) is 6.19. The number of hydrogen-bond acceptors (Lipinski definition) is 3. The molecule has 0 spiro atoms.